The first-order valence-corrected chi connectivity index (χ1v) is 9.25. The maximum absolute atomic E-state index is 12.3. The minimum atomic E-state index is -0.386. The summed E-state index contributed by atoms with van der Waals surface area (Å²) in [6.45, 7) is 3.98. The van der Waals surface area contributed by atoms with Crippen molar-refractivity contribution in [1.29, 1.82) is 0 Å². The van der Waals surface area contributed by atoms with Crippen molar-refractivity contribution < 1.29 is 19.1 Å². The van der Waals surface area contributed by atoms with Gasteiger partial charge in [-0.05, 0) is 64.8 Å². The fourth-order valence-corrected chi connectivity index (χ4v) is 3.49. The van der Waals surface area contributed by atoms with E-state index in [0.29, 0.717) is 26.4 Å². The number of benzene rings is 1. The van der Waals surface area contributed by atoms with Gasteiger partial charge in [0.2, 0.25) is 0 Å². The van der Waals surface area contributed by atoms with E-state index in [1.54, 1.807) is 19.3 Å². The molecule has 0 bridgehead atoms. The molecule has 25 heavy (non-hydrogen) atoms. The molecule has 0 aromatic heterocycles. The Morgan fingerprint density at radius 3 is 2.76 bits per heavy atom. The molecule has 1 atom stereocenters. The molecule has 0 aliphatic carbocycles. The number of halogens is 1. The Morgan fingerprint density at radius 1 is 1.44 bits per heavy atom. The topological polar surface area (TPSA) is 55.8 Å². The highest BCUT2D eigenvalue weighted by Crippen LogP contribution is 2.39. The Hall–Kier alpha value is -1.91. The number of amides is 2. The van der Waals surface area contributed by atoms with Gasteiger partial charge in [0.1, 0.15) is 0 Å². The largest absolute Gasteiger partial charge is 0.493 e. The predicted octanol–water partition coefficient (Wildman–Crippen LogP) is 4.30. The third-order valence-corrected chi connectivity index (χ3v) is 5.06. The molecule has 2 amide bonds. The van der Waals surface area contributed by atoms with Crippen LogP contribution in [-0.2, 0) is 4.79 Å². The molecule has 1 saturated heterocycles. The Labute approximate surface area is 159 Å². The Balaban J connectivity index is 2.35. The summed E-state index contributed by atoms with van der Waals surface area (Å²) in [6.07, 6.45) is 7.73. The molecule has 1 aliphatic heterocycles. The van der Waals surface area contributed by atoms with Crippen molar-refractivity contribution in [3.05, 3.63) is 27.1 Å². The van der Waals surface area contributed by atoms with Gasteiger partial charge in [-0.1, -0.05) is 12.8 Å². The smallest absolute Gasteiger partial charge is 0.294 e. The summed E-state index contributed by atoms with van der Waals surface area (Å²) in [4.78, 5) is 25.5. The fourth-order valence-electron chi connectivity index (χ4n) is 2.10. The van der Waals surface area contributed by atoms with E-state index < -0.39 is 0 Å². The van der Waals surface area contributed by atoms with Crippen LogP contribution in [0.15, 0.2) is 21.5 Å². The minimum absolute atomic E-state index is 0.0310. The summed E-state index contributed by atoms with van der Waals surface area (Å²) < 4.78 is 12.0. The highest BCUT2D eigenvalue weighted by molar-refractivity contribution is 9.10. The number of ether oxygens (including phenoxy) is 2. The standard InChI is InChI=1S/C18H18BrNO4S/c1-5-7-20-17(21)15(25-18(20)22)10-12-8-13(19)16(14(9-12)23-4)24-11(3)6-2/h1,8-11H,6-7H2,2-4H3. The molecule has 0 spiro atoms. The van der Waals surface area contributed by atoms with Crippen LogP contribution in [-0.4, -0.2) is 35.8 Å². The van der Waals surface area contributed by atoms with Crippen molar-refractivity contribution in [2.45, 2.75) is 26.4 Å². The van der Waals surface area contributed by atoms with Crippen LogP contribution in [0.1, 0.15) is 25.8 Å². The number of carbonyl (C=O) groups excluding carboxylic acids is 2. The lowest BCUT2D eigenvalue weighted by Gasteiger charge is -2.17. The van der Waals surface area contributed by atoms with Crippen molar-refractivity contribution in [3.63, 3.8) is 0 Å². The number of rotatable bonds is 6. The molecule has 1 heterocycles. The van der Waals surface area contributed by atoms with E-state index in [9.17, 15) is 9.59 Å². The lowest BCUT2D eigenvalue weighted by Crippen LogP contribution is -2.28. The predicted molar refractivity (Wildman–Crippen MR) is 103 cm³/mol. The quantitative estimate of drug-likeness (QED) is 0.504. The SMILES string of the molecule is C#CCN1C(=O)SC(=Cc2cc(Br)c(OC(C)CC)c(OC)c2)C1=O. The highest BCUT2D eigenvalue weighted by atomic mass is 79.9. The molecule has 0 saturated carbocycles. The summed E-state index contributed by atoms with van der Waals surface area (Å²) in [7, 11) is 1.55. The minimum Gasteiger partial charge on any atom is -0.493 e. The van der Waals surface area contributed by atoms with Crippen molar-refractivity contribution in [2.75, 3.05) is 13.7 Å². The Morgan fingerprint density at radius 2 is 2.16 bits per heavy atom. The number of imide groups is 1. The van der Waals surface area contributed by atoms with Crippen LogP contribution in [0.25, 0.3) is 6.08 Å². The van der Waals surface area contributed by atoms with E-state index in [4.69, 9.17) is 15.9 Å². The molecular formula is C18H18BrNO4S. The van der Waals surface area contributed by atoms with Gasteiger partial charge in [0.15, 0.2) is 11.5 Å². The van der Waals surface area contributed by atoms with Crippen molar-refractivity contribution in [3.8, 4) is 23.8 Å². The van der Waals surface area contributed by atoms with Crippen molar-refractivity contribution in [1.82, 2.24) is 4.90 Å². The number of hydrogen-bond donors (Lipinski definition) is 0. The maximum Gasteiger partial charge on any atom is 0.294 e. The lowest BCUT2D eigenvalue weighted by atomic mass is 10.1. The second-order valence-electron chi connectivity index (χ2n) is 5.34. The van der Waals surface area contributed by atoms with Crippen LogP contribution in [0.2, 0.25) is 0 Å². The van der Waals surface area contributed by atoms with Gasteiger partial charge in [0.05, 0.1) is 29.1 Å². The second-order valence-corrected chi connectivity index (χ2v) is 7.19. The van der Waals surface area contributed by atoms with Gasteiger partial charge < -0.3 is 9.47 Å². The molecule has 1 fully saturated rings. The maximum atomic E-state index is 12.3. The third-order valence-electron chi connectivity index (χ3n) is 3.57. The molecule has 2 rings (SSSR count). The second kappa shape index (κ2) is 8.45. The number of terminal acetylenes is 1. The molecule has 1 aromatic carbocycles. The first-order chi connectivity index (χ1) is 11.9. The fraction of sp³-hybridized carbons (Fsp3) is 0.333. The molecule has 1 aliphatic rings. The number of methoxy groups -OCH3 is 1. The van der Waals surface area contributed by atoms with E-state index >= 15 is 0 Å². The van der Waals surface area contributed by atoms with Gasteiger partial charge in [0, 0.05) is 0 Å². The third kappa shape index (κ3) is 4.39. The zero-order valence-corrected chi connectivity index (χ0v) is 16.6. The lowest BCUT2D eigenvalue weighted by molar-refractivity contribution is -0.122. The van der Waals surface area contributed by atoms with Crippen LogP contribution in [0.5, 0.6) is 11.5 Å². The molecule has 1 unspecified atom stereocenters. The van der Waals surface area contributed by atoms with Gasteiger partial charge in [-0.15, -0.1) is 6.42 Å². The summed E-state index contributed by atoms with van der Waals surface area (Å²) in [5, 5.41) is -0.364. The zero-order chi connectivity index (χ0) is 18.6. The van der Waals surface area contributed by atoms with Gasteiger partial charge in [-0.3, -0.25) is 14.5 Å². The number of carbonyl (C=O) groups is 2. The molecule has 5 nitrogen and oxygen atoms in total. The molecule has 132 valence electrons. The molecule has 7 heteroatoms. The molecule has 0 N–H and O–H groups in total. The number of hydrogen-bond acceptors (Lipinski definition) is 5. The van der Waals surface area contributed by atoms with Crippen LogP contribution in [0.3, 0.4) is 0 Å². The summed E-state index contributed by atoms with van der Waals surface area (Å²) in [6, 6.07) is 3.58. The average Bonchev–Trinajstić information content (AvgIpc) is 2.84. The van der Waals surface area contributed by atoms with Crippen LogP contribution in [0.4, 0.5) is 4.79 Å². The van der Waals surface area contributed by atoms with Gasteiger partial charge >= 0.3 is 0 Å². The van der Waals surface area contributed by atoms with Crippen LogP contribution >= 0.6 is 27.7 Å². The summed E-state index contributed by atoms with van der Waals surface area (Å²) >= 11 is 4.35. The van der Waals surface area contributed by atoms with Crippen molar-refractivity contribution >= 4 is 44.9 Å². The molecule has 0 radical (unpaired) electrons. The highest BCUT2D eigenvalue weighted by Gasteiger charge is 2.34. The van der Waals surface area contributed by atoms with Crippen LogP contribution < -0.4 is 9.47 Å². The number of nitrogens with zero attached hydrogens (tertiary/aromatic N) is 1. The normalized spacial score (nSPS) is 16.9. The molecular weight excluding hydrogens is 406 g/mol. The van der Waals surface area contributed by atoms with E-state index in [-0.39, 0.29) is 23.8 Å². The molecule has 1 aromatic rings. The van der Waals surface area contributed by atoms with E-state index in [2.05, 4.69) is 21.9 Å². The van der Waals surface area contributed by atoms with E-state index in [0.717, 1.165) is 23.1 Å². The van der Waals surface area contributed by atoms with Gasteiger partial charge in [0.25, 0.3) is 11.1 Å². The van der Waals surface area contributed by atoms with E-state index in [1.165, 1.54) is 0 Å². The van der Waals surface area contributed by atoms with Crippen LogP contribution in [0, 0.1) is 12.3 Å². The first-order valence-electron chi connectivity index (χ1n) is 7.64. The Kier molecular flexibility index (Phi) is 6.57. The average molecular weight is 424 g/mol. The van der Waals surface area contributed by atoms with Gasteiger partial charge in [-0.25, -0.2) is 0 Å². The summed E-state index contributed by atoms with van der Waals surface area (Å²) in [5.74, 6) is 3.08. The summed E-state index contributed by atoms with van der Waals surface area (Å²) in [5.41, 5.74) is 0.714. The van der Waals surface area contributed by atoms with Crippen molar-refractivity contribution in [2.24, 2.45) is 0 Å². The first kappa shape index (κ1) is 19.4. The van der Waals surface area contributed by atoms with E-state index in [1.807, 2.05) is 19.9 Å². The van der Waals surface area contributed by atoms with Gasteiger partial charge in [-0.2, -0.15) is 0 Å². The Bertz CT molecular complexity index is 769. The number of thioether (sulfide) groups is 1. The monoisotopic (exact) mass is 423 g/mol. The zero-order valence-electron chi connectivity index (χ0n) is 14.2.